The summed E-state index contributed by atoms with van der Waals surface area (Å²) in [6.07, 6.45) is 1.10. The highest BCUT2D eigenvalue weighted by Gasteiger charge is 2.11. The van der Waals surface area contributed by atoms with Crippen LogP contribution in [-0.4, -0.2) is 29.7 Å². The lowest BCUT2D eigenvalue weighted by molar-refractivity contribution is -0.114. The van der Waals surface area contributed by atoms with Gasteiger partial charge in [-0.1, -0.05) is 12.1 Å². The highest BCUT2D eigenvalue weighted by atomic mass is 16.4. The Morgan fingerprint density at radius 1 is 1.15 bits per heavy atom. The Morgan fingerprint density at radius 3 is 2.56 bits per heavy atom. The van der Waals surface area contributed by atoms with Crippen LogP contribution in [0.15, 0.2) is 62.7 Å². The van der Waals surface area contributed by atoms with Crippen LogP contribution in [0, 0.1) is 0 Å². The predicted molar refractivity (Wildman–Crippen MR) is 100 cm³/mol. The molecule has 2 amide bonds. The molecular weight excluding hydrogens is 350 g/mol. The minimum absolute atomic E-state index is 0.132. The van der Waals surface area contributed by atoms with Crippen molar-refractivity contribution in [1.29, 1.82) is 0 Å². The number of carbonyl (C=O) groups excluding carboxylic acids is 2. The van der Waals surface area contributed by atoms with Gasteiger partial charge in [-0.3, -0.25) is 14.6 Å². The quantitative estimate of drug-likeness (QED) is 0.467. The molecule has 0 fully saturated rings. The molecular formula is C19H15N3O5. The van der Waals surface area contributed by atoms with Crippen molar-refractivity contribution in [2.45, 2.75) is 0 Å². The molecule has 0 unspecified atom stereocenters. The third-order valence-corrected chi connectivity index (χ3v) is 3.73. The van der Waals surface area contributed by atoms with Crippen LogP contribution >= 0.6 is 0 Å². The van der Waals surface area contributed by atoms with Gasteiger partial charge in [0.25, 0.3) is 0 Å². The molecule has 3 rings (SSSR count). The second kappa shape index (κ2) is 7.52. The molecule has 0 spiro atoms. The first kappa shape index (κ1) is 17.9. The molecule has 27 heavy (non-hydrogen) atoms. The lowest BCUT2D eigenvalue weighted by Crippen LogP contribution is -2.16. The number of hydrogen-bond acceptors (Lipinski definition) is 6. The fourth-order valence-corrected chi connectivity index (χ4v) is 2.40. The number of carbonyl (C=O) groups is 2. The zero-order chi connectivity index (χ0) is 19.4. The number of amides is 2. The predicted octanol–water partition coefficient (Wildman–Crippen LogP) is 1.66. The van der Waals surface area contributed by atoms with Gasteiger partial charge in [-0.2, -0.15) is 0 Å². The first-order chi connectivity index (χ1) is 13.0. The van der Waals surface area contributed by atoms with Crippen molar-refractivity contribution in [1.82, 2.24) is 0 Å². The van der Waals surface area contributed by atoms with Crippen LogP contribution in [0.1, 0.15) is 15.9 Å². The number of nitrogens with one attached hydrogen (secondary N) is 1. The number of aromatic hydroxyl groups is 1. The highest BCUT2D eigenvalue weighted by Crippen LogP contribution is 2.24. The molecule has 0 aliphatic carbocycles. The van der Waals surface area contributed by atoms with Crippen LogP contribution in [0.3, 0.4) is 0 Å². The maximum absolute atomic E-state index is 12.0. The van der Waals surface area contributed by atoms with Gasteiger partial charge in [-0.15, -0.1) is 0 Å². The highest BCUT2D eigenvalue weighted by molar-refractivity contribution is 5.97. The number of fused-ring (bicyclic) bond motifs is 1. The van der Waals surface area contributed by atoms with E-state index < -0.39 is 17.4 Å². The van der Waals surface area contributed by atoms with Crippen molar-refractivity contribution < 1.29 is 19.1 Å². The van der Waals surface area contributed by atoms with Crippen molar-refractivity contribution in [3.8, 4) is 5.75 Å². The van der Waals surface area contributed by atoms with Gasteiger partial charge in [-0.05, 0) is 36.4 Å². The monoisotopic (exact) mass is 365 g/mol. The molecule has 0 atom stereocenters. The summed E-state index contributed by atoms with van der Waals surface area (Å²) in [7, 11) is 0. The number of aliphatic imine (C=N–C) groups is 1. The number of primary amides is 1. The van der Waals surface area contributed by atoms with Crippen LogP contribution in [0.4, 0.5) is 5.69 Å². The summed E-state index contributed by atoms with van der Waals surface area (Å²) in [4.78, 5) is 38.8. The van der Waals surface area contributed by atoms with E-state index in [9.17, 15) is 19.5 Å². The number of nitrogens with two attached hydrogens (primary N) is 1. The van der Waals surface area contributed by atoms with Gasteiger partial charge in [0.2, 0.25) is 11.8 Å². The van der Waals surface area contributed by atoms with Gasteiger partial charge < -0.3 is 20.6 Å². The van der Waals surface area contributed by atoms with E-state index in [1.165, 1.54) is 24.3 Å². The third kappa shape index (κ3) is 4.01. The standard InChI is InChI=1S/C19H15N3O5/c20-18(25)11-5-7-12(8-6-11)22-16(23)10-21-9-14-17(24)13-3-1-2-4-15(13)27-19(14)26/h1-9,24H,10H2,(H2,20,25)(H,22,23). The van der Waals surface area contributed by atoms with E-state index in [2.05, 4.69) is 10.3 Å². The summed E-state index contributed by atoms with van der Waals surface area (Å²) < 4.78 is 5.11. The van der Waals surface area contributed by atoms with Crippen molar-refractivity contribution in [2.75, 3.05) is 11.9 Å². The molecule has 4 N–H and O–H groups in total. The van der Waals surface area contributed by atoms with Crippen LogP contribution in [0.25, 0.3) is 11.0 Å². The Kier molecular flexibility index (Phi) is 4.98. The summed E-state index contributed by atoms with van der Waals surface area (Å²) in [5.74, 6) is -1.26. The van der Waals surface area contributed by atoms with Crippen molar-refractivity contribution in [3.63, 3.8) is 0 Å². The first-order valence-electron chi connectivity index (χ1n) is 7.90. The van der Waals surface area contributed by atoms with Crippen LogP contribution in [0.2, 0.25) is 0 Å². The van der Waals surface area contributed by atoms with Gasteiger partial charge in [-0.25, -0.2) is 4.79 Å². The number of rotatable bonds is 5. The Morgan fingerprint density at radius 2 is 1.85 bits per heavy atom. The lowest BCUT2D eigenvalue weighted by atomic mass is 10.1. The Labute approximate surface area is 152 Å². The van der Waals surface area contributed by atoms with Gasteiger partial charge in [0.15, 0.2) is 0 Å². The molecule has 136 valence electrons. The van der Waals surface area contributed by atoms with Crippen LogP contribution in [-0.2, 0) is 4.79 Å². The largest absolute Gasteiger partial charge is 0.506 e. The molecule has 0 saturated carbocycles. The Balaban J connectivity index is 1.70. The fourth-order valence-electron chi connectivity index (χ4n) is 2.40. The zero-order valence-corrected chi connectivity index (χ0v) is 14.0. The Bertz CT molecular complexity index is 1100. The minimum atomic E-state index is -0.752. The number of hydrogen-bond donors (Lipinski definition) is 3. The second-order valence-electron chi connectivity index (χ2n) is 5.61. The fraction of sp³-hybridized carbons (Fsp3) is 0.0526. The molecule has 0 saturated heterocycles. The van der Waals surface area contributed by atoms with E-state index in [-0.39, 0.29) is 23.4 Å². The lowest BCUT2D eigenvalue weighted by Gasteiger charge is -2.04. The van der Waals surface area contributed by atoms with Crippen molar-refractivity contribution in [3.05, 3.63) is 70.1 Å². The van der Waals surface area contributed by atoms with E-state index in [0.29, 0.717) is 16.6 Å². The number of benzene rings is 2. The van der Waals surface area contributed by atoms with Crippen LogP contribution < -0.4 is 16.7 Å². The van der Waals surface area contributed by atoms with E-state index in [1.54, 1.807) is 24.3 Å². The number of nitrogens with zero attached hydrogens (tertiary/aromatic N) is 1. The molecule has 8 heteroatoms. The summed E-state index contributed by atoms with van der Waals surface area (Å²) in [5.41, 5.74) is 5.31. The second-order valence-corrected chi connectivity index (χ2v) is 5.61. The first-order valence-corrected chi connectivity index (χ1v) is 7.90. The normalized spacial score (nSPS) is 11.0. The molecule has 0 bridgehead atoms. The minimum Gasteiger partial charge on any atom is -0.506 e. The van der Waals surface area contributed by atoms with Gasteiger partial charge in [0.1, 0.15) is 23.4 Å². The summed E-state index contributed by atoms with van der Waals surface area (Å²) in [5, 5.41) is 13.2. The van der Waals surface area contributed by atoms with Crippen LogP contribution in [0.5, 0.6) is 5.75 Å². The van der Waals surface area contributed by atoms with E-state index in [4.69, 9.17) is 10.2 Å². The van der Waals surface area contributed by atoms with Crippen molar-refractivity contribution >= 4 is 34.7 Å². The molecule has 0 radical (unpaired) electrons. The SMILES string of the molecule is NC(=O)c1ccc(NC(=O)CN=Cc2c(O)c3ccccc3oc2=O)cc1. The van der Waals surface area contributed by atoms with Gasteiger partial charge in [0.05, 0.1) is 5.39 Å². The van der Waals surface area contributed by atoms with Gasteiger partial charge in [0, 0.05) is 17.5 Å². The molecule has 2 aromatic carbocycles. The number of anilines is 1. The van der Waals surface area contributed by atoms with E-state index in [0.717, 1.165) is 6.21 Å². The molecule has 0 aliphatic heterocycles. The average Bonchev–Trinajstić information content (AvgIpc) is 2.65. The number of para-hydroxylation sites is 1. The van der Waals surface area contributed by atoms with E-state index in [1.807, 2.05) is 0 Å². The molecule has 1 aromatic heterocycles. The summed E-state index contributed by atoms with van der Waals surface area (Å²) in [6, 6.07) is 12.6. The zero-order valence-electron chi connectivity index (χ0n) is 14.0. The summed E-state index contributed by atoms with van der Waals surface area (Å²) >= 11 is 0. The maximum atomic E-state index is 12.0. The average molecular weight is 365 g/mol. The maximum Gasteiger partial charge on any atom is 0.348 e. The van der Waals surface area contributed by atoms with E-state index >= 15 is 0 Å². The molecule has 8 nitrogen and oxygen atoms in total. The van der Waals surface area contributed by atoms with Crippen molar-refractivity contribution in [2.24, 2.45) is 10.7 Å². The smallest absolute Gasteiger partial charge is 0.348 e. The summed E-state index contributed by atoms with van der Waals surface area (Å²) in [6.45, 7) is -0.275. The van der Waals surface area contributed by atoms with Gasteiger partial charge >= 0.3 is 5.63 Å². The Hall–Kier alpha value is -3.94. The topological polar surface area (TPSA) is 135 Å². The molecule has 0 aliphatic rings. The molecule has 3 aromatic rings. The third-order valence-electron chi connectivity index (χ3n) is 3.73. The molecule has 1 heterocycles.